The molecule has 0 unspecified atom stereocenters. The van der Waals surface area contributed by atoms with E-state index >= 15 is 0 Å². The fraction of sp³-hybridized carbons (Fsp3) is 0. The van der Waals surface area contributed by atoms with Crippen molar-refractivity contribution in [2.24, 2.45) is 0 Å². The van der Waals surface area contributed by atoms with Crippen LogP contribution in [0.5, 0.6) is 0 Å². The van der Waals surface area contributed by atoms with Crippen LogP contribution in [0.15, 0.2) is 0 Å². The molecule has 6 heavy (non-hydrogen) atoms. The minimum atomic E-state index is 0. The minimum absolute atomic E-state index is 0. The third kappa shape index (κ3) is 146. The first-order valence-corrected chi connectivity index (χ1v) is 0. The van der Waals surface area contributed by atoms with Crippen molar-refractivity contribution in [2.75, 3.05) is 0 Å². The van der Waals surface area contributed by atoms with Crippen molar-refractivity contribution in [3.8, 4) is 0 Å². The SMILES string of the molecule is [F].[OH-].[OH-].[OH-].[OH-].[Zr+4]. The monoisotopic (exact) mass is 177 g/mol. The largest absolute Gasteiger partial charge is 4.00 e. The molecule has 0 aromatic carbocycles. The Bertz CT molecular complexity index is 7.51. The summed E-state index contributed by atoms with van der Waals surface area (Å²) in [5.41, 5.74) is 0. The third-order valence-electron chi connectivity index (χ3n) is 0. The normalized spacial score (nSPS) is 0. The Kier molecular flexibility index (Phi) is 23800. The van der Waals surface area contributed by atoms with E-state index in [0.717, 1.165) is 0 Å². The van der Waals surface area contributed by atoms with Crippen molar-refractivity contribution in [3.05, 3.63) is 0 Å². The van der Waals surface area contributed by atoms with E-state index < -0.39 is 0 Å². The fourth-order valence-electron chi connectivity index (χ4n) is 0. The topological polar surface area (TPSA) is 120 Å². The molecule has 0 fully saturated rings. The van der Waals surface area contributed by atoms with Gasteiger partial charge in [-0.3, -0.25) is 0 Å². The number of rotatable bonds is 0. The van der Waals surface area contributed by atoms with E-state index in [1.807, 2.05) is 0 Å². The first kappa shape index (κ1) is 498. The van der Waals surface area contributed by atoms with Crippen LogP contribution in [0.1, 0.15) is 0 Å². The van der Waals surface area contributed by atoms with Gasteiger partial charge in [-0.1, -0.05) is 0 Å². The zero-order chi connectivity index (χ0) is 0. The molecule has 4 N–H and O–H groups in total. The molecule has 0 saturated heterocycles. The van der Waals surface area contributed by atoms with E-state index in [9.17, 15) is 0 Å². The maximum atomic E-state index is 0. The van der Waals surface area contributed by atoms with Gasteiger partial charge in [-0.05, 0) is 0 Å². The van der Waals surface area contributed by atoms with Crippen molar-refractivity contribution in [1.82, 2.24) is 0 Å². The Labute approximate surface area is 53.3 Å². The van der Waals surface area contributed by atoms with Crippen LogP contribution in [0.3, 0.4) is 0 Å². The van der Waals surface area contributed by atoms with E-state index in [1.54, 1.807) is 0 Å². The van der Waals surface area contributed by atoms with Crippen molar-refractivity contribution < 1.29 is 52.8 Å². The molecule has 1 radical (unpaired) electrons. The van der Waals surface area contributed by atoms with Gasteiger partial charge in [-0.2, -0.15) is 0 Å². The minimum Gasteiger partial charge on any atom is -0.870 e. The van der Waals surface area contributed by atoms with Crippen molar-refractivity contribution >= 4 is 0 Å². The van der Waals surface area contributed by atoms with Gasteiger partial charge in [0.2, 0.25) is 0 Å². The van der Waals surface area contributed by atoms with Crippen molar-refractivity contribution in [3.63, 3.8) is 0 Å². The first-order chi connectivity index (χ1) is 0. The van der Waals surface area contributed by atoms with Gasteiger partial charge in [0.1, 0.15) is 0 Å². The molecule has 0 atom stereocenters. The molecule has 0 aliphatic heterocycles. The van der Waals surface area contributed by atoms with E-state index in [1.165, 1.54) is 0 Å². The van der Waals surface area contributed by atoms with Crippen LogP contribution in [-0.4, -0.2) is 21.9 Å². The van der Waals surface area contributed by atoms with E-state index in [4.69, 9.17) is 0 Å². The number of hydrogen-bond acceptors (Lipinski definition) is 4. The molecule has 0 bridgehead atoms. The second-order valence-corrected chi connectivity index (χ2v) is 0. The fourth-order valence-corrected chi connectivity index (χ4v) is 0. The molecular formula is H4FO4Zr. The van der Waals surface area contributed by atoms with Gasteiger partial charge in [0, 0.05) is 4.70 Å². The molecule has 4 nitrogen and oxygen atoms in total. The van der Waals surface area contributed by atoms with Crippen LogP contribution in [0, 0.1) is 0 Å². The Morgan fingerprint density at radius 3 is 0.500 bits per heavy atom. The number of hydrogen-bond donors (Lipinski definition) is 0. The van der Waals surface area contributed by atoms with Crippen molar-refractivity contribution in [1.29, 1.82) is 0 Å². The first-order valence-electron chi connectivity index (χ1n) is 0. The summed E-state index contributed by atoms with van der Waals surface area (Å²) in [6.45, 7) is 0. The van der Waals surface area contributed by atoms with Gasteiger partial charge in [0.25, 0.3) is 0 Å². The molecule has 0 amide bonds. The maximum absolute atomic E-state index is 0. The van der Waals surface area contributed by atoms with Crippen LogP contribution >= 0.6 is 0 Å². The smallest absolute Gasteiger partial charge is 0.870 e. The predicted molar refractivity (Wildman–Crippen MR) is 8.85 cm³/mol. The zero-order valence-electron chi connectivity index (χ0n) is 2.67. The van der Waals surface area contributed by atoms with Gasteiger partial charge < -0.3 is 21.9 Å². The second kappa shape index (κ2) is 287. The van der Waals surface area contributed by atoms with Gasteiger partial charge in [-0.15, -0.1) is 0 Å². The molecule has 0 spiro atoms. The summed E-state index contributed by atoms with van der Waals surface area (Å²) in [5.74, 6) is 0. The van der Waals surface area contributed by atoms with Crippen LogP contribution in [0.2, 0.25) is 0 Å². The van der Waals surface area contributed by atoms with Crippen LogP contribution in [0.25, 0.3) is 0 Å². The summed E-state index contributed by atoms with van der Waals surface area (Å²) < 4.78 is 0. The van der Waals surface area contributed by atoms with E-state index in [0.29, 0.717) is 0 Å². The Morgan fingerprint density at radius 1 is 0.500 bits per heavy atom. The Hall–Kier alpha value is 0.653. The van der Waals surface area contributed by atoms with Crippen LogP contribution in [0.4, 0.5) is 4.70 Å². The summed E-state index contributed by atoms with van der Waals surface area (Å²) >= 11 is 0. The standard InChI is InChI=1S/F.4H2O.Zr/h;4*1H2;/q;;;;;+4/p-4. The molecular weight excluding hydrogens is 174 g/mol. The van der Waals surface area contributed by atoms with Gasteiger partial charge in [0.15, 0.2) is 0 Å². The number of halogens is 1. The quantitative estimate of drug-likeness (QED) is 0.506. The summed E-state index contributed by atoms with van der Waals surface area (Å²) in [5, 5.41) is 0. The predicted octanol–water partition coefficient (Wildman–Crippen LogP) is -0.289. The van der Waals surface area contributed by atoms with E-state index in [-0.39, 0.29) is 52.8 Å². The molecule has 0 rings (SSSR count). The Balaban J connectivity index is 0. The summed E-state index contributed by atoms with van der Waals surface area (Å²) in [4.78, 5) is 0. The van der Waals surface area contributed by atoms with Gasteiger partial charge >= 0.3 is 26.2 Å². The van der Waals surface area contributed by atoms with Crippen LogP contribution in [-0.2, 0) is 26.2 Å². The molecule has 0 aliphatic rings. The summed E-state index contributed by atoms with van der Waals surface area (Å²) in [7, 11) is 0. The molecule has 6 heteroatoms. The van der Waals surface area contributed by atoms with Gasteiger partial charge in [-0.25, -0.2) is 0 Å². The molecule has 0 aliphatic carbocycles. The Morgan fingerprint density at radius 2 is 0.500 bits per heavy atom. The molecule has 0 saturated carbocycles. The van der Waals surface area contributed by atoms with Crippen molar-refractivity contribution in [2.45, 2.75) is 0 Å². The molecule has 39 valence electrons. The average Bonchev–Trinajstić information content (AvgIpc) is 0. The zero-order valence-corrected chi connectivity index (χ0v) is 5.12. The third-order valence-corrected chi connectivity index (χ3v) is 0. The summed E-state index contributed by atoms with van der Waals surface area (Å²) in [6.07, 6.45) is 0. The van der Waals surface area contributed by atoms with Crippen LogP contribution < -0.4 is 0 Å². The second-order valence-electron chi connectivity index (χ2n) is 0. The maximum Gasteiger partial charge on any atom is 4.00 e. The molecule has 0 heterocycles. The molecule has 0 aromatic rings. The summed E-state index contributed by atoms with van der Waals surface area (Å²) in [6, 6.07) is 0. The van der Waals surface area contributed by atoms with E-state index in [2.05, 4.69) is 0 Å². The molecule has 0 aromatic heterocycles. The van der Waals surface area contributed by atoms with Gasteiger partial charge in [0.05, 0.1) is 0 Å². The average molecular weight is 178 g/mol.